The second kappa shape index (κ2) is 4.41. The zero-order valence-corrected chi connectivity index (χ0v) is 9.57. The molecule has 1 aromatic carbocycles. The number of nitrogens with two attached hydrogens (primary N) is 1. The number of benzene rings is 1. The van der Waals surface area contributed by atoms with E-state index in [1.54, 1.807) is 0 Å². The van der Waals surface area contributed by atoms with Gasteiger partial charge in [-0.1, -0.05) is 23.8 Å². The molecule has 0 radical (unpaired) electrons. The van der Waals surface area contributed by atoms with Gasteiger partial charge in [0.25, 0.3) is 0 Å². The molecule has 1 aromatic heterocycles. The van der Waals surface area contributed by atoms with E-state index in [-0.39, 0.29) is 0 Å². The number of aryl methyl sites for hydroxylation is 2. The lowest BCUT2D eigenvalue weighted by atomic mass is 10.1. The zero-order chi connectivity index (χ0) is 11.5. The fourth-order valence-electron chi connectivity index (χ4n) is 1.69. The van der Waals surface area contributed by atoms with Crippen molar-refractivity contribution in [3.63, 3.8) is 0 Å². The summed E-state index contributed by atoms with van der Waals surface area (Å²) >= 11 is 0. The predicted molar refractivity (Wildman–Crippen MR) is 64.8 cm³/mol. The van der Waals surface area contributed by atoms with Crippen molar-refractivity contribution in [3.8, 4) is 11.3 Å². The van der Waals surface area contributed by atoms with E-state index in [1.165, 1.54) is 5.56 Å². The summed E-state index contributed by atoms with van der Waals surface area (Å²) in [4.78, 5) is 8.69. The van der Waals surface area contributed by atoms with Crippen LogP contribution < -0.4 is 5.73 Å². The van der Waals surface area contributed by atoms with E-state index in [1.807, 2.05) is 19.1 Å². The molecule has 1 heterocycles. The molecule has 0 saturated carbocycles. The quantitative estimate of drug-likeness (QED) is 0.832. The monoisotopic (exact) mass is 213 g/mol. The van der Waals surface area contributed by atoms with Gasteiger partial charge in [0.15, 0.2) is 0 Å². The van der Waals surface area contributed by atoms with Gasteiger partial charge in [0.2, 0.25) is 0 Å². The molecule has 0 aliphatic rings. The van der Waals surface area contributed by atoms with Crippen molar-refractivity contribution in [1.82, 2.24) is 9.97 Å². The molecule has 0 unspecified atom stereocenters. The van der Waals surface area contributed by atoms with Crippen molar-refractivity contribution >= 4 is 0 Å². The van der Waals surface area contributed by atoms with E-state index < -0.39 is 0 Å². The molecule has 3 nitrogen and oxygen atoms in total. The fraction of sp³-hybridized carbons (Fsp3) is 0.231. The maximum absolute atomic E-state index is 5.61. The average molecular weight is 213 g/mol. The van der Waals surface area contributed by atoms with Gasteiger partial charge in [-0.05, 0) is 26.0 Å². The van der Waals surface area contributed by atoms with E-state index in [9.17, 15) is 0 Å². The van der Waals surface area contributed by atoms with Gasteiger partial charge in [-0.2, -0.15) is 0 Å². The summed E-state index contributed by atoms with van der Waals surface area (Å²) in [5.41, 5.74) is 9.76. The van der Waals surface area contributed by atoms with Crippen LogP contribution in [0.2, 0.25) is 0 Å². The molecule has 3 heteroatoms. The van der Waals surface area contributed by atoms with Crippen LogP contribution in [0.3, 0.4) is 0 Å². The molecule has 0 bridgehead atoms. The number of hydrogen-bond donors (Lipinski definition) is 1. The van der Waals surface area contributed by atoms with Crippen LogP contribution in [0.1, 0.15) is 17.1 Å². The third-order valence-electron chi connectivity index (χ3n) is 2.41. The molecule has 0 atom stereocenters. The van der Waals surface area contributed by atoms with E-state index in [2.05, 4.69) is 35.1 Å². The van der Waals surface area contributed by atoms with Crippen LogP contribution in [0.4, 0.5) is 0 Å². The highest BCUT2D eigenvalue weighted by Gasteiger charge is 2.03. The Morgan fingerprint density at radius 2 is 1.94 bits per heavy atom. The summed E-state index contributed by atoms with van der Waals surface area (Å²) in [5.74, 6) is 0.763. The maximum Gasteiger partial charge on any atom is 0.126 e. The predicted octanol–water partition coefficient (Wildman–Crippen LogP) is 2.22. The molecule has 82 valence electrons. The Bertz CT molecular complexity index is 506. The van der Waals surface area contributed by atoms with Gasteiger partial charge < -0.3 is 5.73 Å². The maximum atomic E-state index is 5.61. The molecular weight excluding hydrogens is 198 g/mol. The molecule has 0 amide bonds. The first kappa shape index (κ1) is 10.8. The highest BCUT2D eigenvalue weighted by atomic mass is 14.9. The van der Waals surface area contributed by atoms with E-state index in [0.717, 1.165) is 22.8 Å². The molecular formula is C13H15N3. The smallest absolute Gasteiger partial charge is 0.126 e. The van der Waals surface area contributed by atoms with Crippen molar-refractivity contribution in [2.24, 2.45) is 5.73 Å². The minimum absolute atomic E-state index is 0.447. The zero-order valence-electron chi connectivity index (χ0n) is 9.57. The summed E-state index contributed by atoms with van der Waals surface area (Å²) in [6.45, 7) is 4.40. The SMILES string of the molecule is Cc1cccc(-c2cc(CN)nc(C)n2)c1. The van der Waals surface area contributed by atoms with Gasteiger partial charge in [0, 0.05) is 12.1 Å². The van der Waals surface area contributed by atoms with Gasteiger partial charge >= 0.3 is 0 Å². The minimum atomic E-state index is 0.447. The Balaban J connectivity index is 2.51. The van der Waals surface area contributed by atoms with E-state index in [4.69, 9.17) is 5.73 Å². The van der Waals surface area contributed by atoms with Crippen LogP contribution in [-0.2, 0) is 6.54 Å². The van der Waals surface area contributed by atoms with Gasteiger partial charge in [0.1, 0.15) is 5.82 Å². The number of rotatable bonds is 2. The third-order valence-corrected chi connectivity index (χ3v) is 2.41. The van der Waals surface area contributed by atoms with Crippen molar-refractivity contribution in [3.05, 3.63) is 47.4 Å². The molecule has 0 aliphatic carbocycles. The van der Waals surface area contributed by atoms with E-state index >= 15 is 0 Å². The van der Waals surface area contributed by atoms with Crippen LogP contribution in [0, 0.1) is 13.8 Å². The lowest BCUT2D eigenvalue weighted by Crippen LogP contribution is -2.03. The Morgan fingerprint density at radius 3 is 2.62 bits per heavy atom. The second-order valence-electron chi connectivity index (χ2n) is 3.87. The summed E-state index contributed by atoms with van der Waals surface area (Å²) in [7, 11) is 0. The Hall–Kier alpha value is -1.74. The standard InChI is InChI=1S/C13H15N3/c1-9-4-3-5-11(6-9)13-7-12(8-14)15-10(2)16-13/h3-7H,8,14H2,1-2H3. The number of hydrogen-bond acceptors (Lipinski definition) is 3. The Morgan fingerprint density at radius 1 is 1.12 bits per heavy atom. The molecule has 0 saturated heterocycles. The minimum Gasteiger partial charge on any atom is -0.325 e. The van der Waals surface area contributed by atoms with Gasteiger partial charge in [-0.15, -0.1) is 0 Å². The third kappa shape index (κ3) is 2.25. The topological polar surface area (TPSA) is 51.8 Å². The van der Waals surface area contributed by atoms with Crippen LogP contribution in [0.25, 0.3) is 11.3 Å². The molecule has 0 spiro atoms. The second-order valence-corrected chi connectivity index (χ2v) is 3.87. The highest BCUT2D eigenvalue weighted by Crippen LogP contribution is 2.18. The lowest BCUT2D eigenvalue weighted by molar-refractivity contribution is 0.929. The van der Waals surface area contributed by atoms with Crippen LogP contribution in [0.5, 0.6) is 0 Å². The van der Waals surface area contributed by atoms with Crippen LogP contribution in [0.15, 0.2) is 30.3 Å². The molecule has 2 aromatic rings. The summed E-state index contributed by atoms with van der Waals surface area (Å²) in [5, 5.41) is 0. The fourth-order valence-corrected chi connectivity index (χ4v) is 1.69. The summed E-state index contributed by atoms with van der Waals surface area (Å²) in [6.07, 6.45) is 0. The van der Waals surface area contributed by atoms with Crippen LogP contribution >= 0.6 is 0 Å². The Labute approximate surface area is 95.4 Å². The first-order chi connectivity index (χ1) is 7.69. The summed E-state index contributed by atoms with van der Waals surface area (Å²) in [6, 6.07) is 10.2. The molecule has 0 aliphatic heterocycles. The normalized spacial score (nSPS) is 10.4. The summed E-state index contributed by atoms with van der Waals surface area (Å²) < 4.78 is 0. The Kier molecular flexibility index (Phi) is 2.97. The van der Waals surface area contributed by atoms with Gasteiger partial charge in [0.05, 0.1) is 11.4 Å². The van der Waals surface area contributed by atoms with Crippen LogP contribution in [-0.4, -0.2) is 9.97 Å². The highest BCUT2D eigenvalue weighted by molar-refractivity contribution is 5.60. The van der Waals surface area contributed by atoms with Gasteiger partial charge in [-0.3, -0.25) is 0 Å². The molecule has 2 rings (SSSR count). The molecule has 0 fully saturated rings. The van der Waals surface area contributed by atoms with Crippen molar-refractivity contribution in [2.75, 3.05) is 0 Å². The average Bonchev–Trinajstić information content (AvgIpc) is 2.28. The molecule has 16 heavy (non-hydrogen) atoms. The molecule has 2 N–H and O–H groups in total. The van der Waals surface area contributed by atoms with Crippen molar-refractivity contribution < 1.29 is 0 Å². The first-order valence-corrected chi connectivity index (χ1v) is 5.30. The van der Waals surface area contributed by atoms with Crippen molar-refractivity contribution in [1.29, 1.82) is 0 Å². The van der Waals surface area contributed by atoms with Crippen molar-refractivity contribution in [2.45, 2.75) is 20.4 Å². The largest absolute Gasteiger partial charge is 0.325 e. The van der Waals surface area contributed by atoms with Gasteiger partial charge in [-0.25, -0.2) is 9.97 Å². The number of nitrogens with zero attached hydrogens (tertiary/aromatic N) is 2. The lowest BCUT2D eigenvalue weighted by Gasteiger charge is -2.05. The first-order valence-electron chi connectivity index (χ1n) is 5.30. The number of aromatic nitrogens is 2. The van der Waals surface area contributed by atoms with E-state index in [0.29, 0.717) is 6.54 Å².